The van der Waals surface area contributed by atoms with Crippen LogP contribution in [0.1, 0.15) is 16.1 Å². The summed E-state index contributed by atoms with van der Waals surface area (Å²) in [6.45, 7) is 0. The molecule has 2 aromatic carbocycles. The smallest absolute Gasteiger partial charge is 0.342 e. The van der Waals surface area contributed by atoms with Crippen LogP contribution in [0.2, 0.25) is 5.02 Å². The topological polar surface area (TPSA) is 145 Å². The van der Waals surface area contributed by atoms with Gasteiger partial charge in [0.1, 0.15) is 27.9 Å². The molecular formula is C24H17ClN2O8S. The monoisotopic (exact) mass is 528 g/mol. The minimum absolute atomic E-state index is 0.00302. The van der Waals surface area contributed by atoms with Gasteiger partial charge in [0, 0.05) is 23.3 Å². The van der Waals surface area contributed by atoms with Gasteiger partial charge >= 0.3 is 11.9 Å². The fraction of sp³-hybridized carbons (Fsp3) is 0.0833. The molecule has 184 valence electrons. The lowest BCUT2D eigenvalue weighted by atomic mass is 10.1. The molecule has 4 rings (SSSR count). The summed E-state index contributed by atoms with van der Waals surface area (Å²) in [5, 5.41) is 26.7. The van der Waals surface area contributed by atoms with Gasteiger partial charge in [0.25, 0.3) is 5.22 Å². The number of aromatic carboxylic acids is 1. The van der Waals surface area contributed by atoms with E-state index in [0.717, 1.165) is 11.8 Å². The van der Waals surface area contributed by atoms with Gasteiger partial charge in [0.15, 0.2) is 0 Å². The van der Waals surface area contributed by atoms with Gasteiger partial charge in [-0.25, -0.2) is 9.59 Å². The van der Waals surface area contributed by atoms with Crippen LogP contribution < -0.4 is 9.47 Å². The van der Waals surface area contributed by atoms with Gasteiger partial charge in [-0.15, -0.1) is 10.2 Å². The molecule has 2 N–H and O–H groups in total. The van der Waals surface area contributed by atoms with Gasteiger partial charge in [-0.3, -0.25) is 0 Å². The molecule has 10 nitrogen and oxygen atoms in total. The Morgan fingerprint density at radius 2 is 1.67 bits per heavy atom. The molecule has 0 saturated carbocycles. The third kappa shape index (κ3) is 5.53. The van der Waals surface area contributed by atoms with Gasteiger partial charge < -0.3 is 28.5 Å². The van der Waals surface area contributed by atoms with E-state index in [2.05, 4.69) is 10.2 Å². The molecular weight excluding hydrogens is 512 g/mol. The third-order valence-electron chi connectivity index (χ3n) is 4.80. The van der Waals surface area contributed by atoms with Crippen LogP contribution in [0.4, 0.5) is 0 Å². The number of halogens is 1. The number of hydrogen-bond acceptors (Lipinski definition) is 9. The van der Waals surface area contributed by atoms with Crippen LogP contribution >= 0.6 is 23.4 Å². The molecule has 0 aliphatic carbocycles. The summed E-state index contributed by atoms with van der Waals surface area (Å²) in [5.41, 5.74) is 1.03. The maximum Gasteiger partial charge on any atom is 0.342 e. The highest BCUT2D eigenvalue weighted by Crippen LogP contribution is 2.34. The second kappa shape index (κ2) is 10.6. The van der Waals surface area contributed by atoms with E-state index in [0.29, 0.717) is 28.4 Å². The molecule has 2 heterocycles. The standard InChI is InChI=1S/C24H17ClN2O8S/c1-32-15-7-13(8-16(10-15)33-2)21-26-27-24(35-21)36-20(23(30)31)11-14-4-6-19(34-14)12-3-5-17(22(28)29)18(25)9-12/h3-11H,1-2H3,(H,28,29)(H,30,31)/b20-11-. The Labute approximate surface area is 213 Å². The molecule has 2 aromatic heterocycles. The summed E-state index contributed by atoms with van der Waals surface area (Å²) in [4.78, 5) is 22.9. The quantitative estimate of drug-likeness (QED) is 0.207. The van der Waals surface area contributed by atoms with Crippen molar-refractivity contribution in [2.45, 2.75) is 5.22 Å². The molecule has 0 fully saturated rings. The summed E-state index contributed by atoms with van der Waals surface area (Å²) < 4.78 is 21.8. The van der Waals surface area contributed by atoms with Crippen molar-refractivity contribution >= 4 is 41.4 Å². The number of ether oxygens (including phenoxy) is 2. The van der Waals surface area contributed by atoms with Crippen LogP contribution in [0.5, 0.6) is 11.5 Å². The molecule has 0 aliphatic heterocycles. The first-order valence-electron chi connectivity index (χ1n) is 10.1. The van der Waals surface area contributed by atoms with Crippen LogP contribution in [0.3, 0.4) is 0 Å². The number of methoxy groups -OCH3 is 2. The van der Waals surface area contributed by atoms with E-state index in [4.69, 9.17) is 35.0 Å². The van der Waals surface area contributed by atoms with E-state index >= 15 is 0 Å². The number of benzene rings is 2. The number of furan rings is 1. The first-order valence-corrected chi connectivity index (χ1v) is 11.3. The van der Waals surface area contributed by atoms with E-state index in [9.17, 15) is 14.7 Å². The maximum atomic E-state index is 11.8. The fourth-order valence-electron chi connectivity index (χ4n) is 3.08. The van der Waals surface area contributed by atoms with Gasteiger partial charge in [-0.1, -0.05) is 17.7 Å². The fourth-order valence-corrected chi connectivity index (χ4v) is 4.00. The van der Waals surface area contributed by atoms with E-state index in [-0.39, 0.29) is 32.4 Å². The molecule has 12 heteroatoms. The Kier molecular flexibility index (Phi) is 7.32. The van der Waals surface area contributed by atoms with Crippen LogP contribution in [-0.2, 0) is 4.79 Å². The Hall–Kier alpha value is -4.22. The molecule has 4 aromatic rings. The van der Waals surface area contributed by atoms with Crippen molar-refractivity contribution in [3.8, 4) is 34.3 Å². The van der Waals surface area contributed by atoms with Gasteiger partial charge in [-0.2, -0.15) is 0 Å². The second-order valence-corrected chi connectivity index (χ2v) is 8.49. The summed E-state index contributed by atoms with van der Waals surface area (Å²) in [5.74, 6) is -0.554. The molecule has 0 radical (unpaired) electrons. The number of carboxylic acid groups (broad SMARTS) is 2. The average Bonchev–Trinajstić information content (AvgIpc) is 3.53. The SMILES string of the molecule is COc1cc(OC)cc(-c2nnc(S/C(=C\c3ccc(-c4ccc(C(=O)O)c(Cl)c4)o3)C(=O)O)o2)c1. The zero-order chi connectivity index (χ0) is 25.8. The number of carboxylic acids is 2. The number of carbonyl (C=O) groups is 2. The number of aliphatic carboxylic acids is 1. The highest BCUT2D eigenvalue weighted by Gasteiger charge is 2.18. The lowest BCUT2D eigenvalue weighted by molar-refractivity contribution is -0.131. The number of thioether (sulfide) groups is 1. The number of hydrogen-bond donors (Lipinski definition) is 2. The molecule has 0 spiro atoms. The Bertz CT molecular complexity index is 1450. The molecule has 0 aliphatic rings. The van der Waals surface area contributed by atoms with Gasteiger partial charge in [0.2, 0.25) is 5.89 Å². The van der Waals surface area contributed by atoms with Crippen LogP contribution in [-0.4, -0.2) is 46.6 Å². The Morgan fingerprint density at radius 1 is 0.944 bits per heavy atom. The number of rotatable bonds is 9. The summed E-state index contributed by atoms with van der Waals surface area (Å²) >= 11 is 6.78. The van der Waals surface area contributed by atoms with Crippen molar-refractivity contribution in [2.75, 3.05) is 14.2 Å². The molecule has 0 atom stereocenters. The Balaban J connectivity index is 1.57. The maximum absolute atomic E-state index is 11.8. The molecule has 0 bridgehead atoms. The third-order valence-corrected chi connectivity index (χ3v) is 5.96. The molecule has 0 saturated heterocycles. The minimum atomic E-state index is -1.23. The lowest BCUT2D eigenvalue weighted by Crippen LogP contribution is -1.97. The predicted molar refractivity (Wildman–Crippen MR) is 130 cm³/mol. The normalized spacial score (nSPS) is 11.4. The largest absolute Gasteiger partial charge is 0.497 e. The number of nitrogens with zero attached hydrogens (tertiary/aromatic N) is 2. The minimum Gasteiger partial charge on any atom is -0.497 e. The Morgan fingerprint density at radius 3 is 2.28 bits per heavy atom. The van der Waals surface area contributed by atoms with E-state index in [1.54, 1.807) is 36.4 Å². The first kappa shape index (κ1) is 24.9. The number of aromatic nitrogens is 2. The van der Waals surface area contributed by atoms with Crippen molar-refractivity contribution in [1.82, 2.24) is 10.2 Å². The first-order chi connectivity index (χ1) is 17.3. The van der Waals surface area contributed by atoms with Crippen LogP contribution in [0.15, 0.2) is 67.5 Å². The van der Waals surface area contributed by atoms with Gasteiger partial charge in [0.05, 0.1) is 24.8 Å². The zero-order valence-corrected chi connectivity index (χ0v) is 20.3. The van der Waals surface area contributed by atoms with E-state index < -0.39 is 11.9 Å². The van der Waals surface area contributed by atoms with Crippen molar-refractivity contribution in [3.05, 3.63) is 69.8 Å². The average molecular weight is 529 g/mol. The van der Waals surface area contributed by atoms with E-state index in [1.165, 1.54) is 32.4 Å². The molecule has 36 heavy (non-hydrogen) atoms. The van der Waals surface area contributed by atoms with Crippen LogP contribution in [0, 0.1) is 0 Å². The summed E-state index contributed by atoms with van der Waals surface area (Å²) in [7, 11) is 3.02. The predicted octanol–water partition coefficient (Wildman–Crippen LogP) is 5.58. The zero-order valence-electron chi connectivity index (χ0n) is 18.7. The second-order valence-electron chi connectivity index (χ2n) is 7.09. The van der Waals surface area contributed by atoms with Crippen molar-refractivity contribution in [2.24, 2.45) is 0 Å². The highest BCUT2D eigenvalue weighted by atomic mass is 35.5. The molecule has 0 amide bonds. The van der Waals surface area contributed by atoms with Crippen molar-refractivity contribution in [1.29, 1.82) is 0 Å². The summed E-state index contributed by atoms with van der Waals surface area (Å²) in [6.07, 6.45) is 1.31. The highest BCUT2D eigenvalue weighted by molar-refractivity contribution is 8.03. The van der Waals surface area contributed by atoms with E-state index in [1.807, 2.05) is 0 Å². The van der Waals surface area contributed by atoms with Crippen molar-refractivity contribution in [3.63, 3.8) is 0 Å². The molecule has 0 unspecified atom stereocenters. The van der Waals surface area contributed by atoms with Crippen LogP contribution in [0.25, 0.3) is 28.9 Å². The van der Waals surface area contributed by atoms with Crippen molar-refractivity contribution < 1.29 is 38.1 Å². The van der Waals surface area contributed by atoms with Gasteiger partial charge in [-0.05, 0) is 48.2 Å². The lowest BCUT2D eigenvalue weighted by Gasteiger charge is -2.05. The summed E-state index contributed by atoms with van der Waals surface area (Å²) in [6, 6.07) is 12.6.